The molecule has 1 aromatic carbocycles. The summed E-state index contributed by atoms with van der Waals surface area (Å²) in [5, 5.41) is -0.485. The lowest BCUT2D eigenvalue weighted by molar-refractivity contribution is -0.150. The number of carbonyl (C=O) groups excluding carboxylic acids is 3. The van der Waals surface area contributed by atoms with E-state index in [0.717, 1.165) is 39.3 Å². The quantitative estimate of drug-likeness (QED) is 0.514. The van der Waals surface area contributed by atoms with Gasteiger partial charge in [0.1, 0.15) is 6.04 Å². The third-order valence-corrected chi connectivity index (χ3v) is 6.09. The van der Waals surface area contributed by atoms with Crippen LogP contribution in [0.4, 0.5) is 4.79 Å². The predicted molar refractivity (Wildman–Crippen MR) is 115 cm³/mol. The lowest BCUT2D eigenvalue weighted by Crippen LogP contribution is -2.42. The highest BCUT2D eigenvalue weighted by Gasteiger charge is 2.41. The standard InChI is InChI=1S/C22H22N2O6S/c1-5-28-21(26)14(4)24-20(25)19(31-22(24)27)9-15-8-12(2)23(13(15)3)16-6-7-17-18(10-16)30-11-29-17/h6-10,14H,5,11H2,1-4H3/b19-9+/t14-/m0/s1. The SMILES string of the molecule is CCOC(=O)[C@H](C)N1C(=O)S/C(=C/c2cc(C)n(-c3ccc4c(c3)OCO4)c2C)C1=O. The van der Waals surface area contributed by atoms with Crippen LogP contribution >= 0.6 is 11.8 Å². The number of imide groups is 1. The summed E-state index contributed by atoms with van der Waals surface area (Å²) >= 11 is 0.821. The van der Waals surface area contributed by atoms with Crippen LogP contribution in [0.5, 0.6) is 11.5 Å². The van der Waals surface area contributed by atoms with Crippen LogP contribution in [0.15, 0.2) is 29.2 Å². The monoisotopic (exact) mass is 442 g/mol. The highest BCUT2D eigenvalue weighted by atomic mass is 32.2. The van der Waals surface area contributed by atoms with E-state index in [2.05, 4.69) is 0 Å². The van der Waals surface area contributed by atoms with Gasteiger partial charge in [-0.1, -0.05) is 0 Å². The van der Waals surface area contributed by atoms with Crippen molar-refractivity contribution in [3.63, 3.8) is 0 Å². The molecular formula is C22H22N2O6S. The van der Waals surface area contributed by atoms with Gasteiger partial charge in [-0.25, -0.2) is 4.79 Å². The van der Waals surface area contributed by atoms with E-state index < -0.39 is 23.2 Å². The molecule has 4 rings (SSSR count). The Morgan fingerprint density at radius 3 is 2.71 bits per heavy atom. The molecule has 1 atom stereocenters. The Bertz CT molecular complexity index is 1120. The number of nitrogens with zero attached hydrogens (tertiary/aromatic N) is 2. The second-order valence-electron chi connectivity index (χ2n) is 7.18. The van der Waals surface area contributed by atoms with Crippen molar-refractivity contribution >= 4 is 35.0 Å². The summed E-state index contributed by atoms with van der Waals surface area (Å²) in [6.07, 6.45) is 1.69. The van der Waals surface area contributed by atoms with Gasteiger partial charge < -0.3 is 18.8 Å². The second-order valence-corrected chi connectivity index (χ2v) is 8.17. The smallest absolute Gasteiger partial charge is 0.329 e. The number of benzene rings is 1. The molecule has 31 heavy (non-hydrogen) atoms. The number of hydrogen-bond donors (Lipinski definition) is 0. The normalized spacial score (nSPS) is 17.5. The zero-order chi connectivity index (χ0) is 22.3. The van der Waals surface area contributed by atoms with Crippen molar-refractivity contribution in [2.75, 3.05) is 13.4 Å². The van der Waals surface area contributed by atoms with Crippen LogP contribution in [0.3, 0.4) is 0 Å². The first-order valence-corrected chi connectivity index (χ1v) is 10.7. The number of ether oxygens (including phenoxy) is 3. The van der Waals surface area contributed by atoms with Gasteiger partial charge in [0.05, 0.1) is 11.5 Å². The van der Waals surface area contributed by atoms with Gasteiger partial charge >= 0.3 is 5.97 Å². The van der Waals surface area contributed by atoms with Gasteiger partial charge in [0.2, 0.25) is 6.79 Å². The summed E-state index contributed by atoms with van der Waals surface area (Å²) in [5.41, 5.74) is 3.58. The molecule has 2 amide bonds. The van der Waals surface area contributed by atoms with E-state index in [1.54, 1.807) is 13.0 Å². The molecule has 0 N–H and O–H groups in total. The first-order valence-electron chi connectivity index (χ1n) is 9.84. The van der Waals surface area contributed by atoms with Crippen LogP contribution in [0.2, 0.25) is 0 Å². The van der Waals surface area contributed by atoms with Gasteiger partial charge in [-0.05, 0) is 69.3 Å². The Morgan fingerprint density at radius 1 is 1.23 bits per heavy atom. The van der Waals surface area contributed by atoms with E-state index in [1.165, 1.54) is 6.92 Å². The van der Waals surface area contributed by atoms with Crippen molar-refractivity contribution in [3.8, 4) is 17.2 Å². The fourth-order valence-electron chi connectivity index (χ4n) is 3.68. The fraction of sp³-hybridized carbons (Fsp3) is 0.318. The third kappa shape index (κ3) is 3.69. The molecule has 0 unspecified atom stereocenters. The molecule has 2 aromatic rings. The number of hydrogen-bond acceptors (Lipinski definition) is 7. The number of thioether (sulfide) groups is 1. The van der Waals surface area contributed by atoms with Crippen molar-refractivity contribution in [3.05, 3.63) is 46.1 Å². The molecule has 1 fully saturated rings. The zero-order valence-electron chi connectivity index (χ0n) is 17.6. The first-order chi connectivity index (χ1) is 14.8. The van der Waals surface area contributed by atoms with Gasteiger partial charge in [0.15, 0.2) is 11.5 Å². The number of aryl methyl sites for hydroxylation is 1. The number of carbonyl (C=O) groups is 3. The largest absolute Gasteiger partial charge is 0.464 e. The molecule has 0 aliphatic carbocycles. The van der Waals surface area contributed by atoms with Crippen molar-refractivity contribution in [1.82, 2.24) is 9.47 Å². The number of fused-ring (bicyclic) bond motifs is 1. The minimum Gasteiger partial charge on any atom is -0.464 e. The molecule has 0 spiro atoms. The van der Waals surface area contributed by atoms with E-state index in [-0.39, 0.29) is 18.3 Å². The Balaban J connectivity index is 1.64. The Labute approximate surface area is 183 Å². The Morgan fingerprint density at radius 2 is 1.97 bits per heavy atom. The maximum atomic E-state index is 12.8. The van der Waals surface area contributed by atoms with Crippen molar-refractivity contribution in [1.29, 1.82) is 0 Å². The van der Waals surface area contributed by atoms with Crippen molar-refractivity contribution in [2.45, 2.75) is 33.7 Å². The average molecular weight is 442 g/mol. The summed E-state index contributed by atoms with van der Waals surface area (Å²) in [6, 6.07) is 6.67. The topological polar surface area (TPSA) is 87.1 Å². The van der Waals surface area contributed by atoms with Crippen LogP contribution in [-0.2, 0) is 14.3 Å². The molecule has 1 aromatic heterocycles. The van der Waals surface area contributed by atoms with Gasteiger partial charge in [-0.15, -0.1) is 0 Å². The molecular weight excluding hydrogens is 420 g/mol. The van der Waals surface area contributed by atoms with Gasteiger partial charge in [0.25, 0.3) is 11.1 Å². The number of rotatable bonds is 5. The summed E-state index contributed by atoms with van der Waals surface area (Å²) in [7, 11) is 0. The fourth-order valence-corrected chi connectivity index (χ4v) is 4.58. The molecule has 0 saturated carbocycles. The molecule has 8 nitrogen and oxygen atoms in total. The van der Waals surface area contributed by atoms with E-state index in [1.807, 2.05) is 42.7 Å². The number of esters is 1. The lowest BCUT2D eigenvalue weighted by Gasteiger charge is -2.19. The Kier molecular flexibility index (Phi) is 5.53. The highest BCUT2D eigenvalue weighted by Crippen LogP contribution is 2.37. The zero-order valence-corrected chi connectivity index (χ0v) is 18.4. The van der Waals surface area contributed by atoms with E-state index in [0.29, 0.717) is 11.5 Å². The molecule has 2 aliphatic rings. The van der Waals surface area contributed by atoms with E-state index >= 15 is 0 Å². The number of aromatic nitrogens is 1. The Hall–Kier alpha value is -3.20. The lowest BCUT2D eigenvalue weighted by atomic mass is 10.2. The van der Waals surface area contributed by atoms with Crippen LogP contribution < -0.4 is 9.47 Å². The third-order valence-electron chi connectivity index (χ3n) is 5.21. The molecule has 0 bridgehead atoms. The van der Waals surface area contributed by atoms with Gasteiger partial charge in [-0.2, -0.15) is 0 Å². The molecule has 2 aliphatic heterocycles. The van der Waals surface area contributed by atoms with Crippen molar-refractivity contribution in [2.24, 2.45) is 0 Å². The maximum Gasteiger partial charge on any atom is 0.329 e. The summed E-state index contributed by atoms with van der Waals surface area (Å²) < 4.78 is 17.8. The predicted octanol–water partition coefficient (Wildman–Crippen LogP) is 3.81. The summed E-state index contributed by atoms with van der Waals surface area (Å²) in [6.45, 7) is 7.45. The van der Waals surface area contributed by atoms with Crippen LogP contribution in [0.1, 0.15) is 30.8 Å². The van der Waals surface area contributed by atoms with E-state index in [4.69, 9.17) is 14.2 Å². The van der Waals surface area contributed by atoms with Crippen LogP contribution in [0, 0.1) is 13.8 Å². The molecule has 3 heterocycles. The molecule has 1 saturated heterocycles. The van der Waals surface area contributed by atoms with Crippen LogP contribution in [0.25, 0.3) is 11.8 Å². The van der Waals surface area contributed by atoms with Crippen LogP contribution in [-0.4, -0.2) is 46.0 Å². The first kappa shape index (κ1) is 21.0. The highest BCUT2D eigenvalue weighted by molar-refractivity contribution is 8.18. The molecule has 9 heteroatoms. The van der Waals surface area contributed by atoms with Gasteiger partial charge in [-0.3, -0.25) is 14.5 Å². The minimum atomic E-state index is -0.973. The van der Waals surface area contributed by atoms with Crippen molar-refractivity contribution < 1.29 is 28.6 Å². The minimum absolute atomic E-state index is 0.182. The molecule has 162 valence electrons. The van der Waals surface area contributed by atoms with E-state index in [9.17, 15) is 14.4 Å². The average Bonchev–Trinajstić information content (AvgIpc) is 3.38. The summed E-state index contributed by atoms with van der Waals surface area (Å²) in [4.78, 5) is 38.5. The maximum absolute atomic E-state index is 12.8. The summed E-state index contributed by atoms with van der Waals surface area (Å²) in [5.74, 6) is 0.284. The molecule has 0 radical (unpaired) electrons. The second kappa shape index (κ2) is 8.14. The van der Waals surface area contributed by atoms with Gasteiger partial charge in [0, 0.05) is 23.1 Å². The number of amides is 2.